The molecule has 0 saturated carbocycles. The highest BCUT2D eigenvalue weighted by atomic mass is 16.5. The molecule has 0 aliphatic rings. The molecule has 1 amide bonds. The summed E-state index contributed by atoms with van der Waals surface area (Å²) in [6.45, 7) is 2.63. The summed E-state index contributed by atoms with van der Waals surface area (Å²) >= 11 is 0. The average molecular weight is 422 g/mol. The van der Waals surface area contributed by atoms with Crippen molar-refractivity contribution in [1.82, 2.24) is 15.3 Å². The van der Waals surface area contributed by atoms with Crippen LogP contribution in [0.15, 0.2) is 48.7 Å². The van der Waals surface area contributed by atoms with Crippen LogP contribution < -0.4 is 24.8 Å². The number of nitrogens with one attached hydrogen (secondary N) is 2. The Morgan fingerprint density at radius 1 is 0.935 bits per heavy atom. The largest absolute Gasteiger partial charge is 0.497 e. The summed E-state index contributed by atoms with van der Waals surface area (Å²) in [5.74, 6) is 2.37. The molecule has 8 nitrogen and oxygen atoms in total. The van der Waals surface area contributed by atoms with Crippen LogP contribution in [0.2, 0.25) is 0 Å². The van der Waals surface area contributed by atoms with Gasteiger partial charge in [0.25, 0.3) is 5.91 Å². The average Bonchev–Trinajstić information content (AvgIpc) is 2.81. The number of hydrogen-bond acceptors (Lipinski definition) is 7. The molecule has 0 atom stereocenters. The molecule has 0 fully saturated rings. The smallest absolute Gasteiger partial charge is 0.254 e. The Balaban J connectivity index is 1.62. The van der Waals surface area contributed by atoms with E-state index >= 15 is 0 Å². The highest BCUT2D eigenvalue weighted by molar-refractivity contribution is 5.95. The number of ether oxygens (including phenoxy) is 3. The van der Waals surface area contributed by atoms with Crippen LogP contribution in [0.4, 0.5) is 5.95 Å². The third-order valence-electron chi connectivity index (χ3n) is 4.76. The van der Waals surface area contributed by atoms with Gasteiger partial charge in [-0.3, -0.25) is 4.79 Å². The van der Waals surface area contributed by atoms with Crippen molar-refractivity contribution in [3.05, 3.63) is 71.0 Å². The molecule has 0 bridgehead atoms. The molecule has 0 unspecified atom stereocenters. The van der Waals surface area contributed by atoms with Gasteiger partial charge in [0.1, 0.15) is 17.2 Å². The van der Waals surface area contributed by atoms with Gasteiger partial charge in [0.15, 0.2) is 0 Å². The lowest BCUT2D eigenvalue weighted by atomic mass is 10.1. The number of carbonyl (C=O) groups excluding carboxylic acids is 1. The van der Waals surface area contributed by atoms with Crippen LogP contribution in [0.3, 0.4) is 0 Å². The molecular weight excluding hydrogens is 396 g/mol. The van der Waals surface area contributed by atoms with Crippen LogP contribution in [0.1, 0.15) is 27.2 Å². The number of nitrogens with zero attached hydrogens (tertiary/aromatic N) is 2. The minimum absolute atomic E-state index is 0.260. The third-order valence-corrected chi connectivity index (χ3v) is 4.76. The fourth-order valence-corrected chi connectivity index (χ4v) is 2.99. The van der Waals surface area contributed by atoms with E-state index in [1.807, 2.05) is 30.3 Å². The Kier molecular flexibility index (Phi) is 7.26. The first-order valence-electron chi connectivity index (χ1n) is 9.73. The normalized spacial score (nSPS) is 10.3. The zero-order valence-electron chi connectivity index (χ0n) is 18.1. The van der Waals surface area contributed by atoms with Gasteiger partial charge in [-0.15, -0.1) is 0 Å². The summed E-state index contributed by atoms with van der Waals surface area (Å²) in [5.41, 5.74) is 2.88. The van der Waals surface area contributed by atoms with Crippen LogP contribution in [0, 0.1) is 6.92 Å². The van der Waals surface area contributed by atoms with Gasteiger partial charge in [0.05, 0.1) is 32.6 Å². The van der Waals surface area contributed by atoms with Crippen molar-refractivity contribution in [2.24, 2.45) is 0 Å². The number of anilines is 1. The van der Waals surface area contributed by atoms with E-state index in [9.17, 15) is 4.79 Å². The first-order valence-corrected chi connectivity index (χ1v) is 9.73. The maximum Gasteiger partial charge on any atom is 0.254 e. The van der Waals surface area contributed by atoms with Crippen molar-refractivity contribution in [3.8, 4) is 17.2 Å². The second-order valence-corrected chi connectivity index (χ2v) is 6.75. The lowest BCUT2D eigenvalue weighted by Gasteiger charge is -2.12. The Labute approximate surface area is 181 Å². The highest BCUT2D eigenvalue weighted by Crippen LogP contribution is 2.24. The Morgan fingerprint density at radius 3 is 2.29 bits per heavy atom. The predicted octanol–water partition coefficient (Wildman–Crippen LogP) is 3.35. The van der Waals surface area contributed by atoms with Gasteiger partial charge < -0.3 is 24.8 Å². The molecule has 0 radical (unpaired) electrons. The number of amides is 1. The van der Waals surface area contributed by atoms with Crippen molar-refractivity contribution in [3.63, 3.8) is 0 Å². The third kappa shape index (κ3) is 5.63. The summed E-state index contributed by atoms with van der Waals surface area (Å²) < 4.78 is 15.8. The van der Waals surface area contributed by atoms with E-state index < -0.39 is 0 Å². The molecule has 2 N–H and O–H groups in total. The highest BCUT2D eigenvalue weighted by Gasteiger charge is 2.13. The van der Waals surface area contributed by atoms with Crippen LogP contribution in [-0.2, 0) is 13.1 Å². The predicted molar refractivity (Wildman–Crippen MR) is 118 cm³/mol. The molecule has 1 aromatic heterocycles. The molecule has 2 aromatic carbocycles. The zero-order valence-corrected chi connectivity index (χ0v) is 18.1. The van der Waals surface area contributed by atoms with Crippen molar-refractivity contribution in [2.75, 3.05) is 26.6 Å². The number of methoxy groups -OCH3 is 3. The number of aromatic nitrogens is 2. The lowest BCUT2D eigenvalue weighted by molar-refractivity contribution is 0.0949. The van der Waals surface area contributed by atoms with Crippen LogP contribution in [0.25, 0.3) is 0 Å². The number of rotatable bonds is 9. The minimum Gasteiger partial charge on any atom is -0.497 e. The molecule has 162 valence electrons. The molecule has 3 aromatic rings. The second kappa shape index (κ2) is 10.3. The van der Waals surface area contributed by atoms with Gasteiger partial charge in [0.2, 0.25) is 5.95 Å². The first kappa shape index (κ1) is 21.9. The monoisotopic (exact) mass is 422 g/mol. The standard InChI is InChI=1S/C23H26N4O4/c1-15-20(22(28)24-13-17-11-19(30-3)9-10-21(17)31-4)14-26-23(27-15)25-12-16-5-7-18(29-2)8-6-16/h5-11,14H,12-13H2,1-4H3,(H,24,28)(H,25,26,27). The minimum atomic E-state index is -0.260. The quantitative estimate of drug-likeness (QED) is 0.546. The van der Waals surface area contributed by atoms with Crippen LogP contribution in [0.5, 0.6) is 17.2 Å². The van der Waals surface area contributed by atoms with Crippen molar-refractivity contribution in [2.45, 2.75) is 20.0 Å². The van der Waals surface area contributed by atoms with Crippen LogP contribution in [-0.4, -0.2) is 37.2 Å². The van der Waals surface area contributed by atoms with Crippen molar-refractivity contribution < 1.29 is 19.0 Å². The molecule has 3 rings (SSSR count). The maximum atomic E-state index is 12.6. The molecular formula is C23H26N4O4. The number of carbonyl (C=O) groups is 1. The van der Waals surface area contributed by atoms with E-state index in [2.05, 4.69) is 20.6 Å². The maximum absolute atomic E-state index is 12.6. The van der Waals surface area contributed by atoms with E-state index in [4.69, 9.17) is 14.2 Å². The van der Waals surface area contributed by atoms with Gasteiger partial charge in [0, 0.05) is 24.8 Å². The molecule has 0 saturated heterocycles. The molecule has 0 aliphatic heterocycles. The van der Waals surface area contributed by atoms with Crippen molar-refractivity contribution in [1.29, 1.82) is 0 Å². The molecule has 8 heteroatoms. The summed E-state index contributed by atoms with van der Waals surface area (Å²) in [6, 6.07) is 13.2. The van der Waals surface area contributed by atoms with E-state index in [1.165, 1.54) is 6.20 Å². The van der Waals surface area contributed by atoms with E-state index in [1.54, 1.807) is 40.4 Å². The van der Waals surface area contributed by atoms with Gasteiger partial charge in [-0.25, -0.2) is 9.97 Å². The van der Waals surface area contributed by atoms with E-state index in [0.717, 1.165) is 16.9 Å². The summed E-state index contributed by atoms with van der Waals surface area (Å²) in [7, 11) is 4.81. The molecule has 0 spiro atoms. The van der Waals surface area contributed by atoms with Crippen molar-refractivity contribution >= 4 is 11.9 Å². The topological polar surface area (TPSA) is 94.6 Å². The number of hydrogen-bond donors (Lipinski definition) is 2. The second-order valence-electron chi connectivity index (χ2n) is 6.75. The van der Waals surface area contributed by atoms with E-state index in [-0.39, 0.29) is 12.5 Å². The fourth-order valence-electron chi connectivity index (χ4n) is 2.99. The Morgan fingerprint density at radius 2 is 1.65 bits per heavy atom. The van der Waals surface area contributed by atoms with Gasteiger partial charge in [-0.05, 0) is 42.8 Å². The Bertz CT molecular complexity index is 1040. The summed E-state index contributed by atoms with van der Waals surface area (Å²) in [6.07, 6.45) is 1.52. The first-order chi connectivity index (χ1) is 15.0. The lowest BCUT2D eigenvalue weighted by Crippen LogP contribution is -2.24. The summed E-state index contributed by atoms with van der Waals surface area (Å²) in [4.78, 5) is 21.3. The summed E-state index contributed by atoms with van der Waals surface area (Å²) in [5, 5.41) is 6.05. The van der Waals surface area contributed by atoms with Gasteiger partial charge >= 0.3 is 0 Å². The number of benzene rings is 2. The van der Waals surface area contributed by atoms with E-state index in [0.29, 0.717) is 35.2 Å². The molecule has 0 aliphatic carbocycles. The zero-order chi connectivity index (χ0) is 22.2. The van der Waals surface area contributed by atoms with Gasteiger partial charge in [-0.1, -0.05) is 12.1 Å². The SMILES string of the molecule is COc1ccc(CNc2ncc(C(=O)NCc3cc(OC)ccc3OC)c(C)n2)cc1. The fraction of sp³-hybridized carbons (Fsp3) is 0.261. The molecule has 1 heterocycles. The Hall–Kier alpha value is -3.81. The molecule has 31 heavy (non-hydrogen) atoms. The number of aryl methyl sites for hydroxylation is 1. The van der Waals surface area contributed by atoms with Gasteiger partial charge in [-0.2, -0.15) is 0 Å². The van der Waals surface area contributed by atoms with Crippen LogP contribution >= 0.6 is 0 Å².